The first-order valence-corrected chi connectivity index (χ1v) is 9.81. The molecule has 1 amide bonds. The van der Waals surface area contributed by atoms with Crippen molar-refractivity contribution in [3.05, 3.63) is 40.4 Å². The van der Waals surface area contributed by atoms with Crippen molar-refractivity contribution in [2.45, 2.75) is 32.4 Å². The number of carbonyl (C=O) groups is 1. The van der Waals surface area contributed by atoms with Gasteiger partial charge in [-0.25, -0.2) is 4.98 Å². The van der Waals surface area contributed by atoms with Crippen LogP contribution in [0.15, 0.2) is 29.3 Å². The van der Waals surface area contributed by atoms with Crippen LogP contribution in [0.4, 0.5) is 0 Å². The SMILES string of the molecule is Cc1cccc2c(=O)n(CCC(=O)N3CCC(N4CCNCC4)C3)cnc12. The number of carbonyl (C=O) groups excluding carboxylic acids is 1. The summed E-state index contributed by atoms with van der Waals surface area (Å²) in [6, 6.07) is 6.10. The molecule has 1 atom stereocenters. The van der Waals surface area contributed by atoms with Crippen LogP contribution in [0.2, 0.25) is 0 Å². The third-order valence-corrected chi connectivity index (χ3v) is 5.81. The molecular formula is C20H27N5O2. The number of aromatic nitrogens is 2. The summed E-state index contributed by atoms with van der Waals surface area (Å²) < 4.78 is 1.56. The predicted octanol–water partition coefficient (Wildman–Crippen LogP) is 0.601. The van der Waals surface area contributed by atoms with Gasteiger partial charge in [0, 0.05) is 58.3 Å². The van der Waals surface area contributed by atoms with Gasteiger partial charge in [-0.1, -0.05) is 12.1 Å². The number of benzene rings is 1. The Morgan fingerprint density at radius 2 is 2.07 bits per heavy atom. The number of para-hydroxylation sites is 1. The van der Waals surface area contributed by atoms with Crippen LogP contribution < -0.4 is 10.9 Å². The molecule has 144 valence electrons. The van der Waals surface area contributed by atoms with E-state index in [4.69, 9.17) is 0 Å². The lowest BCUT2D eigenvalue weighted by atomic mass is 10.1. The second-order valence-corrected chi connectivity index (χ2v) is 7.53. The average molecular weight is 369 g/mol. The minimum absolute atomic E-state index is 0.0726. The summed E-state index contributed by atoms with van der Waals surface area (Å²) in [6.07, 6.45) is 2.95. The lowest BCUT2D eigenvalue weighted by Crippen LogP contribution is -2.49. The Bertz CT molecular complexity index is 888. The van der Waals surface area contributed by atoms with Gasteiger partial charge in [-0.15, -0.1) is 0 Å². The lowest BCUT2D eigenvalue weighted by molar-refractivity contribution is -0.130. The van der Waals surface area contributed by atoms with Crippen molar-refractivity contribution in [3.8, 4) is 0 Å². The number of nitrogens with zero attached hydrogens (tertiary/aromatic N) is 4. The number of nitrogens with one attached hydrogen (secondary N) is 1. The first-order valence-electron chi connectivity index (χ1n) is 9.81. The average Bonchev–Trinajstić information content (AvgIpc) is 3.19. The molecule has 2 saturated heterocycles. The zero-order valence-corrected chi connectivity index (χ0v) is 15.9. The van der Waals surface area contributed by atoms with E-state index in [-0.39, 0.29) is 11.5 Å². The summed E-state index contributed by atoms with van der Waals surface area (Å²) in [5.74, 6) is 0.129. The molecule has 7 heteroatoms. The summed E-state index contributed by atoms with van der Waals surface area (Å²) >= 11 is 0. The van der Waals surface area contributed by atoms with Crippen LogP contribution in [0, 0.1) is 6.92 Å². The van der Waals surface area contributed by atoms with Crippen LogP contribution in [0.25, 0.3) is 10.9 Å². The summed E-state index contributed by atoms with van der Waals surface area (Å²) in [4.78, 5) is 34.2. The van der Waals surface area contributed by atoms with E-state index in [1.54, 1.807) is 17.0 Å². The zero-order valence-electron chi connectivity index (χ0n) is 15.9. The summed E-state index contributed by atoms with van der Waals surface area (Å²) in [5.41, 5.74) is 1.66. The Morgan fingerprint density at radius 1 is 1.26 bits per heavy atom. The smallest absolute Gasteiger partial charge is 0.261 e. The highest BCUT2D eigenvalue weighted by Crippen LogP contribution is 2.17. The van der Waals surface area contributed by atoms with Crippen LogP contribution in [0.3, 0.4) is 0 Å². The van der Waals surface area contributed by atoms with E-state index in [1.165, 1.54) is 0 Å². The fourth-order valence-corrected chi connectivity index (χ4v) is 4.18. The Morgan fingerprint density at radius 3 is 2.89 bits per heavy atom. The van der Waals surface area contributed by atoms with Crippen LogP contribution in [-0.2, 0) is 11.3 Å². The van der Waals surface area contributed by atoms with Gasteiger partial charge in [0.25, 0.3) is 5.56 Å². The van der Waals surface area contributed by atoms with E-state index in [0.29, 0.717) is 24.4 Å². The summed E-state index contributed by atoms with van der Waals surface area (Å²) in [5, 5.41) is 3.99. The van der Waals surface area contributed by atoms with Crippen molar-refractivity contribution >= 4 is 16.8 Å². The van der Waals surface area contributed by atoms with Gasteiger partial charge in [-0.2, -0.15) is 0 Å². The van der Waals surface area contributed by atoms with Crippen LogP contribution in [-0.4, -0.2) is 70.6 Å². The quantitative estimate of drug-likeness (QED) is 0.855. The molecule has 2 aromatic rings. The van der Waals surface area contributed by atoms with E-state index < -0.39 is 0 Å². The number of piperazine rings is 1. The maximum Gasteiger partial charge on any atom is 0.261 e. The molecule has 27 heavy (non-hydrogen) atoms. The van der Waals surface area contributed by atoms with Gasteiger partial charge < -0.3 is 10.2 Å². The molecule has 7 nitrogen and oxygen atoms in total. The second kappa shape index (κ2) is 7.78. The number of fused-ring (bicyclic) bond motifs is 1. The molecule has 1 aromatic heterocycles. The molecule has 0 saturated carbocycles. The Kier molecular flexibility index (Phi) is 5.22. The van der Waals surface area contributed by atoms with E-state index in [2.05, 4.69) is 15.2 Å². The van der Waals surface area contributed by atoms with Crippen molar-refractivity contribution < 1.29 is 4.79 Å². The van der Waals surface area contributed by atoms with Crippen LogP contribution in [0.5, 0.6) is 0 Å². The molecule has 2 aliphatic rings. The largest absolute Gasteiger partial charge is 0.341 e. The highest BCUT2D eigenvalue weighted by Gasteiger charge is 2.30. The fraction of sp³-hybridized carbons (Fsp3) is 0.550. The number of rotatable bonds is 4. The van der Waals surface area contributed by atoms with E-state index >= 15 is 0 Å². The van der Waals surface area contributed by atoms with Crippen molar-refractivity contribution in [2.24, 2.45) is 0 Å². The number of hydrogen-bond donors (Lipinski definition) is 1. The molecule has 3 heterocycles. The van der Waals surface area contributed by atoms with E-state index in [0.717, 1.165) is 56.8 Å². The normalized spacial score (nSPS) is 21.1. The van der Waals surface area contributed by atoms with Gasteiger partial charge >= 0.3 is 0 Å². The van der Waals surface area contributed by atoms with Gasteiger partial charge in [-0.05, 0) is 25.0 Å². The zero-order chi connectivity index (χ0) is 18.8. The van der Waals surface area contributed by atoms with Crippen molar-refractivity contribution in [1.82, 2.24) is 24.7 Å². The molecule has 1 unspecified atom stereocenters. The monoisotopic (exact) mass is 369 g/mol. The Labute approximate surface area is 159 Å². The molecular weight excluding hydrogens is 342 g/mol. The van der Waals surface area contributed by atoms with Crippen molar-refractivity contribution in [2.75, 3.05) is 39.3 Å². The third kappa shape index (κ3) is 3.75. The molecule has 0 spiro atoms. The predicted molar refractivity (Wildman–Crippen MR) is 105 cm³/mol. The highest BCUT2D eigenvalue weighted by atomic mass is 16.2. The molecule has 0 radical (unpaired) electrons. The summed E-state index contributed by atoms with van der Waals surface area (Å²) in [6.45, 7) is 8.13. The molecule has 1 N–H and O–H groups in total. The Hall–Kier alpha value is -2.25. The van der Waals surface area contributed by atoms with Gasteiger partial charge in [0.2, 0.25) is 5.91 Å². The second-order valence-electron chi connectivity index (χ2n) is 7.53. The van der Waals surface area contributed by atoms with Crippen LogP contribution >= 0.6 is 0 Å². The van der Waals surface area contributed by atoms with Crippen molar-refractivity contribution in [1.29, 1.82) is 0 Å². The van der Waals surface area contributed by atoms with Gasteiger partial charge in [-0.3, -0.25) is 19.1 Å². The number of likely N-dealkylation sites (tertiary alicyclic amines) is 1. The summed E-state index contributed by atoms with van der Waals surface area (Å²) in [7, 11) is 0. The fourth-order valence-electron chi connectivity index (χ4n) is 4.18. The van der Waals surface area contributed by atoms with E-state index in [9.17, 15) is 9.59 Å². The minimum Gasteiger partial charge on any atom is -0.341 e. The molecule has 2 fully saturated rings. The highest BCUT2D eigenvalue weighted by molar-refractivity contribution is 5.80. The number of amides is 1. The molecule has 2 aliphatic heterocycles. The lowest BCUT2D eigenvalue weighted by Gasteiger charge is -2.32. The standard InChI is InChI=1S/C20H27N5O2/c1-15-3-2-4-17-19(15)22-14-25(20(17)27)10-6-18(26)24-9-5-16(13-24)23-11-7-21-8-12-23/h2-4,14,16,21H,5-13H2,1H3. The van der Waals surface area contributed by atoms with Crippen molar-refractivity contribution in [3.63, 3.8) is 0 Å². The third-order valence-electron chi connectivity index (χ3n) is 5.81. The van der Waals surface area contributed by atoms with Gasteiger partial charge in [0.15, 0.2) is 0 Å². The number of aryl methyl sites for hydroxylation is 2. The maximum absolute atomic E-state index is 12.7. The van der Waals surface area contributed by atoms with Crippen LogP contribution in [0.1, 0.15) is 18.4 Å². The first-order chi connectivity index (χ1) is 13.1. The van der Waals surface area contributed by atoms with E-state index in [1.807, 2.05) is 24.0 Å². The molecule has 0 bridgehead atoms. The molecule has 1 aromatic carbocycles. The number of hydrogen-bond acceptors (Lipinski definition) is 5. The van der Waals surface area contributed by atoms with Gasteiger partial charge in [0.05, 0.1) is 17.2 Å². The molecule has 0 aliphatic carbocycles. The first kappa shape index (κ1) is 18.1. The molecule has 4 rings (SSSR count). The maximum atomic E-state index is 12.7. The van der Waals surface area contributed by atoms with Gasteiger partial charge in [0.1, 0.15) is 0 Å². The minimum atomic E-state index is -0.0726. The Balaban J connectivity index is 1.38. The topological polar surface area (TPSA) is 70.5 Å².